The lowest BCUT2D eigenvalue weighted by molar-refractivity contribution is -0.143. The van der Waals surface area contributed by atoms with Crippen LogP contribution in [0.4, 0.5) is 0 Å². The first-order valence-corrected chi connectivity index (χ1v) is 5.86. The average molecular weight is 233 g/mol. The molecule has 1 saturated heterocycles. The summed E-state index contributed by atoms with van der Waals surface area (Å²) in [6.07, 6.45) is -1.16. The second kappa shape index (κ2) is 3.55. The largest absolute Gasteiger partial charge is 0.441 e. The third-order valence-electron chi connectivity index (χ3n) is 3.52. The van der Waals surface area contributed by atoms with Crippen molar-refractivity contribution in [3.63, 3.8) is 0 Å². The minimum atomic E-state index is -0.741. The van der Waals surface area contributed by atoms with Gasteiger partial charge in [0.1, 0.15) is 12.3 Å². The number of carbonyl (C=O) groups is 1. The van der Waals surface area contributed by atoms with Gasteiger partial charge >= 0.3 is 5.97 Å². The molecule has 3 rings (SSSR count). The van der Waals surface area contributed by atoms with E-state index in [1.807, 2.05) is 38.1 Å². The fraction of sp³-hybridized carbons (Fsp3) is 0.462. The summed E-state index contributed by atoms with van der Waals surface area (Å²) in [5.74, 6) is -0.116. The summed E-state index contributed by atoms with van der Waals surface area (Å²) in [5, 5.41) is 10.3. The maximum absolute atomic E-state index is 11.8. The van der Waals surface area contributed by atoms with Crippen molar-refractivity contribution in [2.24, 2.45) is 5.92 Å². The van der Waals surface area contributed by atoms with Gasteiger partial charge in [-0.2, -0.15) is 0 Å². The second-order valence-corrected chi connectivity index (χ2v) is 4.93. The van der Waals surface area contributed by atoms with E-state index in [0.717, 1.165) is 11.1 Å². The smallest absolute Gasteiger partial charge is 0.325 e. The molecule has 2 aliphatic heterocycles. The van der Waals surface area contributed by atoms with Crippen LogP contribution in [0.15, 0.2) is 24.3 Å². The molecular weight excluding hydrogens is 218 g/mol. The van der Waals surface area contributed by atoms with E-state index in [4.69, 9.17) is 4.74 Å². The van der Waals surface area contributed by atoms with Crippen LogP contribution in [0.3, 0.4) is 0 Å². The molecule has 0 amide bonds. The maximum Gasteiger partial charge on any atom is 0.325 e. The highest BCUT2D eigenvalue weighted by Crippen LogP contribution is 2.47. The van der Waals surface area contributed by atoms with E-state index in [0.29, 0.717) is 0 Å². The van der Waals surface area contributed by atoms with Crippen LogP contribution in [0.25, 0.3) is 0 Å². The fourth-order valence-corrected chi connectivity index (χ4v) is 2.76. The zero-order chi connectivity index (χ0) is 12.2. The summed E-state index contributed by atoms with van der Waals surface area (Å²) in [6, 6.07) is 7.20. The van der Waals surface area contributed by atoms with Crippen molar-refractivity contribution in [1.82, 2.24) is 4.90 Å². The predicted molar refractivity (Wildman–Crippen MR) is 60.7 cm³/mol. The van der Waals surface area contributed by atoms with Crippen LogP contribution in [-0.4, -0.2) is 22.0 Å². The van der Waals surface area contributed by atoms with Gasteiger partial charge in [0.15, 0.2) is 6.23 Å². The number of aliphatic hydroxyl groups excluding tert-OH is 1. The molecule has 0 spiro atoms. The van der Waals surface area contributed by atoms with E-state index >= 15 is 0 Å². The molecule has 1 N–H and O–H groups in total. The Bertz CT molecular complexity index is 471. The molecule has 3 atom stereocenters. The number of nitrogens with zero attached hydrogens (tertiary/aromatic N) is 1. The van der Waals surface area contributed by atoms with Gasteiger partial charge in [-0.05, 0) is 5.92 Å². The third kappa shape index (κ3) is 1.34. The van der Waals surface area contributed by atoms with Gasteiger partial charge in [-0.1, -0.05) is 38.1 Å². The van der Waals surface area contributed by atoms with Gasteiger partial charge in [0.25, 0.3) is 0 Å². The minimum Gasteiger partial charge on any atom is -0.441 e. The number of esters is 1. The van der Waals surface area contributed by atoms with Gasteiger partial charge in [-0.25, -0.2) is 4.90 Å². The Kier molecular flexibility index (Phi) is 2.24. The molecule has 0 radical (unpaired) electrons. The van der Waals surface area contributed by atoms with E-state index in [-0.39, 0.29) is 17.9 Å². The number of benzene rings is 1. The van der Waals surface area contributed by atoms with E-state index in [1.54, 1.807) is 4.90 Å². The number of carbonyl (C=O) groups excluding carboxylic acids is 1. The lowest BCUT2D eigenvalue weighted by Gasteiger charge is -2.25. The number of rotatable bonds is 1. The quantitative estimate of drug-likeness (QED) is 0.748. The summed E-state index contributed by atoms with van der Waals surface area (Å²) in [4.78, 5) is 13.6. The van der Waals surface area contributed by atoms with Crippen LogP contribution in [0.5, 0.6) is 0 Å². The third-order valence-corrected chi connectivity index (χ3v) is 3.52. The fourth-order valence-electron chi connectivity index (χ4n) is 2.76. The summed E-state index contributed by atoms with van der Waals surface area (Å²) in [5.41, 5.74) is 1.74. The van der Waals surface area contributed by atoms with Crippen LogP contribution in [-0.2, 0) is 9.53 Å². The van der Waals surface area contributed by atoms with Crippen LogP contribution >= 0.6 is 0 Å². The molecule has 90 valence electrons. The number of hydrogen-bond acceptors (Lipinski definition) is 4. The first-order chi connectivity index (χ1) is 8.11. The van der Waals surface area contributed by atoms with Crippen LogP contribution < -0.4 is 0 Å². The van der Waals surface area contributed by atoms with Gasteiger partial charge in [-0.15, -0.1) is 0 Å². The van der Waals surface area contributed by atoms with Crippen molar-refractivity contribution in [2.75, 3.05) is 0 Å². The highest BCUT2D eigenvalue weighted by molar-refractivity contribution is 5.79. The normalized spacial score (nSPS) is 31.5. The van der Waals surface area contributed by atoms with Crippen molar-refractivity contribution in [3.05, 3.63) is 35.4 Å². The van der Waals surface area contributed by atoms with Crippen molar-refractivity contribution < 1.29 is 14.6 Å². The Morgan fingerprint density at radius 1 is 1.29 bits per heavy atom. The van der Waals surface area contributed by atoms with E-state index in [2.05, 4.69) is 0 Å². The summed E-state index contributed by atoms with van der Waals surface area (Å²) in [6.45, 7) is 3.92. The summed E-state index contributed by atoms with van der Waals surface area (Å²) < 4.78 is 5.38. The van der Waals surface area contributed by atoms with Gasteiger partial charge in [0.2, 0.25) is 0 Å². The Balaban J connectivity index is 2.06. The molecule has 0 aromatic heterocycles. The molecule has 2 heterocycles. The lowest BCUT2D eigenvalue weighted by atomic mass is 10.0. The van der Waals surface area contributed by atoms with Crippen LogP contribution in [0.1, 0.15) is 37.4 Å². The van der Waals surface area contributed by atoms with Crippen LogP contribution in [0.2, 0.25) is 0 Å². The lowest BCUT2D eigenvalue weighted by Crippen LogP contribution is -2.38. The van der Waals surface area contributed by atoms with Gasteiger partial charge < -0.3 is 9.84 Å². The Hall–Kier alpha value is -1.39. The molecule has 17 heavy (non-hydrogen) atoms. The first kappa shape index (κ1) is 10.7. The molecule has 0 aliphatic carbocycles. The summed E-state index contributed by atoms with van der Waals surface area (Å²) >= 11 is 0. The average Bonchev–Trinajstić information content (AvgIpc) is 2.76. The molecule has 1 aromatic carbocycles. The molecule has 2 aliphatic rings. The standard InChI is InChI=1S/C13H15NO3/c1-7(2)10-13(16)17-12-9-6-4-3-5-8(9)11(15)14(10)12/h3-7,10-12,15H,1-2H3/t10-,11?,12?/m0/s1. The molecule has 0 bridgehead atoms. The zero-order valence-electron chi connectivity index (χ0n) is 9.83. The zero-order valence-corrected chi connectivity index (χ0v) is 9.83. The molecule has 0 saturated carbocycles. The molecule has 1 aromatic rings. The summed E-state index contributed by atoms with van der Waals surface area (Å²) in [7, 11) is 0. The number of fused-ring (bicyclic) bond motifs is 3. The highest BCUT2D eigenvalue weighted by Gasteiger charge is 2.52. The second-order valence-electron chi connectivity index (χ2n) is 4.93. The van der Waals surface area contributed by atoms with Gasteiger partial charge in [0.05, 0.1) is 0 Å². The SMILES string of the molecule is CC(C)[C@H]1C(=O)OC2c3ccccc3C(O)N21. The van der Waals surface area contributed by atoms with Gasteiger partial charge in [0, 0.05) is 11.1 Å². The molecule has 4 heteroatoms. The topological polar surface area (TPSA) is 49.8 Å². The maximum atomic E-state index is 11.8. The molecule has 4 nitrogen and oxygen atoms in total. The number of hydrogen-bond donors (Lipinski definition) is 1. The minimum absolute atomic E-state index is 0.122. The van der Waals surface area contributed by atoms with Crippen molar-refractivity contribution in [3.8, 4) is 0 Å². The van der Waals surface area contributed by atoms with E-state index in [9.17, 15) is 9.90 Å². The molecule has 1 fully saturated rings. The number of ether oxygens (including phenoxy) is 1. The Morgan fingerprint density at radius 2 is 1.94 bits per heavy atom. The Morgan fingerprint density at radius 3 is 2.59 bits per heavy atom. The van der Waals surface area contributed by atoms with Crippen molar-refractivity contribution in [1.29, 1.82) is 0 Å². The van der Waals surface area contributed by atoms with Crippen LogP contribution in [0, 0.1) is 5.92 Å². The van der Waals surface area contributed by atoms with Crippen molar-refractivity contribution in [2.45, 2.75) is 32.3 Å². The van der Waals surface area contributed by atoms with E-state index in [1.165, 1.54) is 0 Å². The highest BCUT2D eigenvalue weighted by atomic mass is 16.6. The monoisotopic (exact) mass is 233 g/mol. The van der Waals surface area contributed by atoms with Crippen molar-refractivity contribution >= 4 is 5.97 Å². The predicted octanol–water partition coefficient (Wildman–Crippen LogP) is 1.57. The first-order valence-electron chi connectivity index (χ1n) is 5.86. The number of aliphatic hydroxyl groups is 1. The Labute approximate surface area is 99.8 Å². The molecule has 2 unspecified atom stereocenters. The van der Waals surface area contributed by atoms with E-state index < -0.39 is 12.5 Å². The molecular formula is C13H15NO3. The van der Waals surface area contributed by atoms with Gasteiger partial charge in [-0.3, -0.25) is 4.79 Å².